The lowest BCUT2D eigenvalue weighted by molar-refractivity contribution is 0.102. The highest BCUT2D eigenvalue weighted by Crippen LogP contribution is 2.25. The fraction of sp³-hybridized carbons (Fsp3) is 0.188. The Bertz CT molecular complexity index is 851. The molecule has 0 aliphatic heterocycles. The molecule has 7 heteroatoms. The molecule has 2 N–H and O–H groups in total. The molecule has 0 aromatic carbocycles. The van der Waals surface area contributed by atoms with Crippen molar-refractivity contribution in [3.8, 4) is 11.1 Å². The van der Waals surface area contributed by atoms with Gasteiger partial charge in [0.1, 0.15) is 5.69 Å². The van der Waals surface area contributed by atoms with Crippen molar-refractivity contribution >= 4 is 11.9 Å². The number of H-pyrrole nitrogens is 1. The molecule has 1 amide bonds. The van der Waals surface area contributed by atoms with Crippen LogP contribution in [0, 0.1) is 20.8 Å². The fourth-order valence-electron chi connectivity index (χ4n) is 2.36. The second-order valence-electron chi connectivity index (χ2n) is 5.21. The van der Waals surface area contributed by atoms with Crippen LogP contribution in [-0.4, -0.2) is 31.1 Å². The molecule has 0 aliphatic carbocycles. The smallest absolute Gasteiger partial charge is 0.276 e. The summed E-state index contributed by atoms with van der Waals surface area (Å²) in [5.41, 5.74) is 4.77. The molecule has 0 radical (unpaired) electrons. The van der Waals surface area contributed by atoms with Crippen LogP contribution in [0.25, 0.3) is 11.1 Å². The first-order chi connectivity index (χ1) is 11.0. The van der Waals surface area contributed by atoms with Gasteiger partial charge in [0, 0.05) is 29.3 Å². The number of nitrogens with one attached hydrogen (secondary N) is 2. The van der Waals surface area contributed by atoms with Gasteiger partial charge in [0.2, 0.25) is 5.95 Å². The number of aryl methyl sites for hydroxylation is 3. The number of pyridine rings is 1. The van der Waals surface area contributed by atoms with E-state index in [1.807, 2.05) is 26.8 Å². The van der Waals surface area contributed by atoms with Gasteiger partial charge >= 0.3 is 0 Å². The summed E-state index contributed by atoms with van der Waals surface area (Å²) in [7, 11) is 0. The molecule has 3 heterocycles. The van der Waals surface area contributed by atoms with Crippen LogP contribution in [0.4, 0.5) is 5.95 Å². The zero-order chi connectivity index (χ0) is 16.4. The highest BCUT2D eigenvalue weighted by molar-refractivity contribution is 6.02. The molecule has 0 bridgehead atoms. The van der Waals surface area contributed by atoms with E-state index in [1.165, 1.54) is 0 Å². The average Bonchev–Trinajstić information content (AvgIpc) is 2.86. The average molecular weight is 308 g/mol. The van der Waals surface area contributed by atoms with E-state index in [0.29, 0.717) is 5.69 Å². The highest BCUT2D eigenvalue weighted by Gasteiger charge is 2.14. The first-order valence-corrected chi connectivity index (χ1v) is 7.13. The number of hydrogen-bond acceptors (Lipinski definition) is 5. The molecule has 7 nitrogen and oxygen atoms in total. The molecule has 0 atom stereocenters. The van der Waals surface area contributed by atoms with E-state index in [9.17, 15) is 4.79 Å². The van der Waals surface area contributed by atoms with Crippen molar-refractivity contribution in [3.05, 3.63) is 53.4 Å². The summed E-state index contributed by atoms with van der Waals surface area (Å²) < 4.78 is 0. The van der Waals surface area contributed by atoms with Gasteiger partial charge in [0.05, 0.1) is 5.69 Å². The van der Waals surface area contributed by atoms with Crippen molar-refractivity contribution in [2.75, 3.05) is 5.32 Å². The lowest BCUT2D eigenvalue weighted by Crippen LogP contribution is -2.15. The lowest BCUT2D eigenvalue weighted by atomic mass is 10.0. The fourth-order valence-corrected chi connectivity index (χ4v) is 2.36. The van der Waals surface area contributed by atoms with Crippen LogP contribution in [-0.2, 0) is 0 Å². The van der Waals surface area contributed by atoms with Gasteiger partial charge in [-0.1, -0.05) is 0 Å². The molecular weight excluding hydrogens is 292 g/mol. The maximum atomic E-state index is 12.3. The van der Waals surface area contributed by atoms with Crippen molar-refractivity contribution in [1.82, 2.24) is 25.1 Å². The molecule has 3 rings (SSSR count). The molecular formula is C16H16N6O. The van der Waals surface area contributed by atoms with Crippen LogP contribution < -0.4 is 5.32 Å². The third kappa shape index (κ3) is 3.08. The Morgan fingerprint density at radius 2 is 1.91 bits per heavy atom. The maximum Gasteiger partial charge on any atom is 0.276 e. The topological polar surface area (TPSA) is 96.5 Å². The standard InChI is InChI=1S/C16H16N6O/c1-9-4-6-18-16(19-9)20-15(23)13-8-12(5-7-17-13)14-10(2)21-22-11(14)3/h4-8H,1-3H3,(H,21,22)(H,18,19,20,23). The van der Waals surface area contributed by atoms with Gasteiger partial charge in [0.25, 0.3) is 5.91 Å². The van der Waals surface area contributed by atoms with E-state index in [0.717, 1.165) is 28.2 Å². The second kappa shape index (κ2) is 5.96. The largest absolute Gasteiger partial charge is 0.289 e. The molecule has 0 spiro atoms. The summed E-state index contributed by atoms with van der Waals surface area (Å²) in [6, 6.07) is 5.35. The number of carbonyl (C=O) groups excluding carboxylic acids is 1. The quantitative estimate of drug-likeness (QED) is 0.774. The molecule has 0 saturated heterocycles. The van der Waals surface area contributed by atoms with E-state index in [2.05, 4.69) is 30.5 Å². The number of hydrogen-bond donors (Lipinski definition) is 2. The zero-order valence-electron chi connectivity index (χ0n) is 13.1. The minimum absolute atomic E-state index is 0.262. The van der Waals surface area contributed by atoms with E-state index in [-0.39, 0.29) is 11.9 Å². The Balaban J connectivity index is 1.89. The number of aromatic amines is 1. The van der Waals surface area contributed by atoms with Crippen molar-refractivity contribution in [2.45, 2.75) is 20.8 Å². The van der Waals surface area contributed by atoms with Crippen LogP contribution in [0.3, 0.4) is 0 Å². The Kier molecular flexibility index (Phi) is 3.84. The van der Waals surface area contributed by atoms with E-state index in [1.54, 1.807) is 24.5 Å². The molecule has 0 unspecified atom stereocenters. The first-order valence-electron chi connectivity index (χ1n) is 7.13. The molecule has 3 aromatic rings. The molecule has 0 fully saturated rings. The predicted molar refractivity (Wildman–Crippen MR) is 86.0 cm³/mol. The molecule has 3 aromatic heterocycles. The normalized spacial score (nSPS) is 10.6. The van der Waals surface area contributed by atoms with Crippen LogP contribution in [0.5, 0.6) is 0 Å². The Labute approximate surface area is 133 Å². The minimum Gasteiger partial charge on any atom is -0.289 e. The van der Waals surface area contributed by atoms with E-state index >= 15 is 0 Å². The Morgan fingerprint density at radius 1 is 1.13 bits per heavy atom. The predicted octanol–water partition coefficient (Wildman–Crippen LogP) is 2.44. The summed E-state index contributed by atoms with van der Waals surface area (Å²) in [6.45, 7) is 5.69. The SMILES string of the molecule is Cc1ccnc(NC(=O)c2cc(-c3c(C)n[nH]c3C)ccn2)n1. The van der Waals surface area contributed by atoms with Gasteiger partial charge in [0.15, 0.2) is 0 Å². The van der Waals surface area contributed by atoms with Gasteiger partial charge in [-0.3, -0.25) is 20.2 Å². The lowest BCUT2D eigenvalue weighted by Gasteiger charge is -2.06. The Hall–Kier alpha value is -3.09. The second-order valence-corrected chi connectivity index (χ2v) is 5.21. The van der Waals surface area contributed by atoms with Crippen LogP contribution in [0.2, 0.25) is 0 Å². The van der Waals surface area contributed by atoms with Gasteiger partial charge < -0.3 is 0 Å². The van der Waals surface area contributed by atoms with Crippen molar-refractivity contribution in [3.63, 3.8) is 0 Å². The van der Waals surface area contributed by atoms with Crippen molar-refractivity contribution in [2.24, 2.45) is 0 Å². The number of aromatic nitrogens is 5. The molecule has 0 aliphatic rings. The number of nitrogens with zero attached hydrogens (tertiary/aromatic N) is 4. The highest BCUT2D eigenvalue weighted by atomic mass is 16.2. The third-order valence-electron chi connectivity index (χ3n) is 3.43. The zero-order valence-corrected chi connectivity index (χ0v) is 13.1. The summed E-state index contributed by atoms with van der Waals surface area (Å²) in [6.07, 6.45) is 3.20. The van der Waals surface area contributed by atoms with Crippen LogP contribution >= 0.6 is 0 Å². The number of carbonyl (C=O) groups is 1. The van der Waals surface area contributed by atoms with Crippen molar-refractivity contribution in [1.29, 1.82) is 0 Å². The van der Waals surface area contributed by atoms with Gasteiger partial charge in [-0.05, 0) is 44.5 Å². The van der Waals surface area contributed by atoms with E-state index in [4.69, 9.17) is 0 Å². The van der Waals surface area contributed by atoms with Gasteiger partial charge in [-0.2, -0.15) is 5.10 Å². The number of anilines is 1. The molecule has 116 valence electrons. The number of amides is 1. The summed E-state index contributed by atoms with van der Waals surface area (Å²) in [5, 5.41) is 9.77. The van der Waals surface area contributed by atoms with E-state index < -0.39 is 0 Å². The van der Waals surface area contributed by atoms with Crippen LogP contribution in [0.15, 0.2) is 30.6 Å². The molecule has 23 heavy (non-hydrogen) atoms. The van der Waals surface area contributed by atoms with Crippen molar-refractivity contribution < 1.29 is 4.79 Å². The molecule has 0 saturated carbocycles. The first kappa shape index (κ1) is 14.8. The number of rotatable bonds is 3. The summed E-state index contributed by atoms with van der Waals surface area (Å²) in [4.78, 5) is 24.6. The van der Waals surface area contributed by atoms with Crippen LogP contribution in [0.1, 0.15) is 27.6 Å². The van der Waals surface area contributed by atoms with Gasteiger partial charge in [-0.25, -0.2) is 9.97 Å². The summed E-state index contributed by atoms with van der Waals surface area (Å²) in [5.74, 6) is -0.0888. The monoisotopic (exact) mass is 308 g/mol. The van der Waals surface area contributed by atoms with Gasteiger partial charge in [-0.15, -0.1) is 0 Å². The Morgan fingerprint density at radius 3 is 2.61 bits per heavy atom. The minimum atomic E-state index is -0.351. The maximum absolute atomic E-state index is 12.3. The summed E-state index contributed by atoms with van der Waals surface area (Å²) >= 11 is 0. The third-order valence-corrected chi connectivity index (χ3v) is 3.43.